The lowest BCUT2D eigenvalue weighted by Crippen LogP contribution is -2.03. The Hall–Kier alpha value is -3.32. The third-order valence-electron chi connectivity index (χ3n) is 5.07. The van der Waals surface area contributed by atoms with Crippen molar-refractivity contribution in [3.8, 4) is 11.3 Å². The normalized spacial score (nSPS) is 13.6. The molecule has 0 aromatic carbocycles. The number of aryl methyl sites for hydroxylation is 1. The number of hydrogen-bond acceptors (Lipinski definition) is 5. The molecule has 30 heavy (non-hydrogen) atoms. The molecule has 154 valence electrons. The number of anilines is 1. The number of pyridine rings is 3. The van der Waals surface area contributed by atoms with E-state index >= 15 is 0 Å². The molecule has 2 N–H and O–H groups in total. The number of aromatic nitrogens is 4. The molecule has 1 fully saturated rings. The van der Waals surface area contributed by atoms with Crippen LogP contribution in [0.25, 0.3) is 27.5 Å². The number of nitrogens with zero attached hydrogens (tertiary/aromatic N) is 4. The molecular weight excluding hydrogens is 378 g/mol. The third kappa shape index (κ3) is 4.02. The summed E-state index contributed by atoms with van der Waals surface area (Å²) < 4.78 is 1.85. The number of aliphatic hydroxyl groups is 1. The Morgan fingerprint density at radius 2 is 2.00 bits per heavy atom. The first-order valence-corrected chi connectivity index (χ1v) is 10.2. The molecule has 5 rings (SSSR count). The molecule has 1 amide bonds. The first kappa shape index (κ1) is 20.0. The highest BCUT2D eigenvalue weighted by molar-refractivity contribution is 5.99. The van der Waals surface area contributed by atoms with Gasteiger partial charge >= 0.3 is 0 Å². The Kier molecular flexibility index (Phi) is 5.72. The predicted octanol–water partition coefficient (Wildman–Crippen LogP) is 4.43. The Bertz CT molecular complexity index is 1200. The second-order valence-corrected chi connectivity index (χ2v) is 7.49. The fraction of sp³-hybridized carbons (Fsp3) is 0.304. The zero-order valence-electron chi connectivity index (χ0n) is 17.2. The second kappa shape index (κ2) is 8.59. The quantitative estimate of drug-likeness (QED) is 0.481. The van der Waals surface area contributed by atoms with Crippen molar-refractivity contribution < 1.29 is 9.90 Å². The fourth-order valence-electron chi connectivity index (χ4n) is 3.28. The number of aliphatic hydroxyl groups excluding tert-OH is 1. The Labute approximate surface area is 174 Å². The van der Waals surface area contributed by atoms with Gasteiger partial charge in [0.1, 0.15) is 5.82 Å². The fourth-order valence-corrected chi connectivity index (χ4v) is 3.28. The van der Waals surface area contributed by atoms with Crippen molar-refractivity contribution >= 4 is 28.5 Å². The lowest BCUT2D eigenvalue weighted by molar-refractivity contribution is -0.105. The van der Waals surface area contributed by atoms with E-state index in [4.69, 9.17) is 0 Å². The maximum atomic E-state index is 10.7. The van der Waals surface area contributed by atoms with E-state index in [2.05, 4.69) is 20.4 Å². The van der Waals surface area contributed by atoms with Crippen LogP contribution in [0, 0.1) is 6.92 Å². The van der Waals surface area contributed by atoms with Gasteiger partial charge in [-0.05, 0) is 43.2 Å². The average Bonchev–Trinajstić information content (AvgIpc) is 3.57. The van der Waals surface area contributed by atoms with Crippen LogP contribution in [0.5, 0.6) is 0 Å². The van der Waals surface area contributed by atoms with Gasteiger partial charge in [-0.2, -0.15) is 5.10 Å². The number of carbonyl (C=O) groups is 1. The Balaban J connectivity index is 0.000000667. The lowest BCUT2D eigenvalue weighted by Gasteiger charge is -2.14. The molecule has 0 saturated heterocycles. The van der Waals surface area contributed by atoms with E-state index in [0.29, 0.717) is 24.3 Å². The van der Waals surface area contributed by atoms with Crippen LogP contribution in [0.3, 0.4) is 0 Å². The van der Waals surface area contributed by atoms with E-state index < -0.39 is 6.10 Å². The van der Waals surface area contributed by atoms with E-state index in [1.807, 2.05) is 42.6 Å². The molecule has 4 heterocycles. The summed E-state index contributed by atoms with van der Waals surface area (Å²) in [6.07, 6.45) is 10.4. The van der Waals surface area contributed by atoms with E-state index in [0.717, 1.165) is 33.1 Å². The van der Waals surface area contributed by atoms with Crippen molar-refractivity contribution in [2.24, 2.45) is 0 Å². The topological polar surface area (TPSA) is 92.4 Å². The summed E-state index contributed by atoms with van der Waals surface area (Å²) in [5.74, 6) is 0.490. The molecule has 7 nitrogen and oxygen atoms in total. The van der Waals surface area contributed by atoms with Gasteiger partial charge in [0, 0.05) is 28.7 Å². The highest BCUT2D eigenvalue weighted by atomic mass is 16.3. The number of hydrogen-bond donors (Lipinski definition) is 2. The maximum absolute atomic E-state index is 10.7. The SMILES string of the molecule is C1CC1.CCC(O)c1cc(C)c(-c2cc3cnc(NC=O)cc3c3ccnn23)cn1. The molecule has 0 radical (unpaired) electrons. The maximum Gasteiger partial charge on any atom is 0.212 e. The van der Waals surface area contributed by atoms with Crippen LogP contribution in [-0.4, -0.2) is 31.1 Å². The van der Waals surface area contributed by atoms with E-state index in [-0.39, 0.29) is 0 Å². The van der Waals surface area contributed by atoms with Gasteiger partial charge in [-0.15, -0.1) is 0 Å². The zero-order chi connectivity index (χ0) is 21.1. The van der Waals surface area contributed by atoms with E-state index in [1.54, 1.807) is 18.6 Å². The van der Waals surface area contributed by atoms with Crippen LogP contribution in [0.4, 0.5) is 5.82 Å². The number of amides is 1. The molecule has 4 aromatic rings. The number of nitrogens with one attached hydrogen (secondary N) is 1. The minimum absolute atomic E-state index is 0.490. The van der Waals surface area contributed by atoms with Crippen LogP contribution >= 0.6 is 0 Å². The van der Waals surface area contributed by atoms with Gasteiger partial charge in [-0.25, -0.2) is 9.50 Å². The summed E-state index contributed by atoms with van der Waals surface area (Å²) in [5.41, 5.74) is 4.42. The van der Waals surface area contributed by atoms with Crippen LogP contribution in [-0.2, 0) is 4.79 Å². The van der Waals surface area contributed by atoms with Gasteiger partial charge in [0.15, 0.2) is 0 Å². The number of carbonyl (C=O) groups excluding carboxylic acids is 1. The van der Waals surface area contributed by atoms with Crippen molar-refractivity contribution in [1.82, 2.24) is 19.6 Å². The highest BCUT2D eigenvalue weighted by Gasteiger charge is 2.14. The highest BCUT2D eigenvalue weighted by Crippen LogP contribution is 2.31. The molecule has 1 unspecified atom stereocenters. The summed E-state index contributed by atoms with van der Waals surface area (Å²) in [4.78, 5) is 19.4. The lowest BCUT2D eigenvalue weighted by atomic mass is 10.0. The van der Waals surface area contributed by atoms with Crippen molar-refractivity contribution in [2.75, 3.05) is 5.32 Å². The summed E-state index contributed by atoms with van der Waals surface area (Å²) in [5, 5.41) is 19.0. The molecule has 0 aliphatic heterocycles. The van der Waals surface area contributed by atoms with Crippen molar-refractivity contribution in [1.29, 1.82) is 0 Å². The third-order valence-corrected chi connectivity index (χ3v) is 5.07. The number of rotatable bonds is 5. The standard InChI is InChI=1S/C20H19N5O2.C3H6/c1-3-19(27)16-6-12(2)15(10-21-16)18-7-13-9-22-20(23-11-26)8-14(13)17-4-5-24-25(17)18;1-2-3-1/h4-11,19,27H,3H2,1-2H3,(H,22,23,26);1-3H2. The molecule has 4 aromatic heterocycles. The van der Waals surface area contributed by atoms with Crippen LogP contribution in [0.1, 0.15) is 50.0 Å². The van der Waals surface area contributed by atoms with Gasteiger partial charge in [0.05, 0.1) is 29.2 Å². The van der Waals surface area contributed by atoms with Crippen molar-refractivity contribution in [3.63, 3.8) is 0 Å². The van der Waals surface area contributed by atoms with E-state index in [1.165, 1.54) is 19.3 Å². The van der Waals surface area contributed by atoms with Crippen LogP contribution in [0.15, 0.2) is 42.9 Å². The minimum atomic E-state index is -0.563. The predicted molar refractivity (Wildman–Crippen MR) is 117 cm³/mol. The zero-order valence-corrected chi connectivity index (χ0v) is 17.2. The molecule has 0 bridgehead atoms. The molecule has 0 spiro atoms. The van der Waals surface area contributed by atoms with Crippen molar-refractivity contribution in [3.05, 3.63) is 54.1 Å². The molecule has 1 atom stereocenters. The van der Waals surface area contributed by atoms with Gasteiger partial charge in [0.25, 0.3) is 0 Å². The minimum Gasteiger partial charge on any atom is -0.387 e. The summed E-state index contributed by atoms with van der Waals surface area (Å²) in [6.45, 7) is 3.92. The average molecular weight is 403 g/mol. The second-order valence-electron chi connectivity index (χ2n) is 7.49. The monoisotopic (exact) mass is 403 g/mol. The van der Waals surface area contributed by atoms with E-state index in [9.17, 15) is 9.90 Å². The van der Waals surface area contributed by atoms with Crippen molar-refractivity contribution in [2.45, 2.75) is 45.6 Å². The molecular formula is C23H25N5O2. The van der Waals surface area contributed by atoms with Gasteiger partial charge in [-0.1, -0.05) is 26.2 Å². The largest absolute Gasteiger partial charge is 0.387 e. The first-order valence-electron chi connectivity index (χ1n) is 10.2. The Morgan fingerprint density at radius 1 is 1.20 bits per heavy atom. The van der Waals surface area contributed by atoms with Gasteiger partial charge in [0.2, 0.25) is 6.41 Å². The Morgan fingerprint density at radius 3 is 2.67 bits per heavy atom. The molecule has 1 aliphatic rings. The number of fused-ring (bicyclic) bond motifs is 3. The van der Waals surface area contributed by atoms with Gasteiger partial charge in [-0.3, -0.25) is 9.78 Å². The molecule has 1 saturated carbocycles. The smallest absolute Gasteiger partial charge is 0.212 e. The summed E-state index contributed by atoms with van der Waals surface area (Å²) in [7, 11) is 0. The summed E-state index contributed by atoms with van der Waals surface area (Å²) >= 11 is 0. The molecule has 1 aliphatic carbocycles. The van der Waals surface area contributed by atoms with Crippen LogP contribution in [0.2, 0.25) is 0 Å². The molecule has 7 heteroatoms. The van der Waals surface area contributed by atoms with Gasteiger partial charge < -0.3 is 10.4 Å². The van der Waals surface area contributed by atoms with Crippen LogP contribution < -0.4 is 5.32 Å². The first-order chi connectivity index (χ1) is 14.6. The summed E-state index contributed by atoms with van der Waals surface area (Å²) in [6, 6.07) is 7.68.